The average Bonchev–Trinajstić information content (AvgIpc) is 2.29. The van der Waals surface area contributed by atoms with Gasteiger partial charge in [-0.3, -0.25) is 4.79 Å². The summed E-state index contributed by atoms with van der Waals surface area (Å²) in [6.07, 6.45) is 2.31. The topological polar surface area (TPSA) is 242 Å². The van der Waals surface area contributed by atoms with Crippen LogP contribution in [-0.4, -0.2) is 198 Å². The normalized spacial score (nSPS) is 54.6. The van der Waals surface area contributed by atoms with Gasteiger partial charge in [0.15, 0.2) is 23.1 Å². The molecular formula is C63H93NO19. The van der Waals surface area contributed by atoms with E-state index in [9.17, 15) is 20.1 Å². The highest BCUT2D eigenvalue weighted by molar-refractivity contribution is 5.70. The fourth-order valence-electron chi connectivity index (χ4n) is 18.1. The molecule has 1 unspecified atom stereocenters. The molecule has 20 nitrogen and oxygen atoms in total. The zero-order valence-corrected chi connectivity index (χ0v) is 49.1. The van der Waals surface area contributed by atoms with E-state index in [4.69, 9.17) is 76.8 Å². The van der Waals surface area contributed by atoms with Crippen molar-refractivity contribution in [3.05, 3.63) is 37.0 Å². The van der Waals surface area contributed by atoms with Crippen molar-refractivity contribution in [1.82, 2.24) is 0 Å². The summed E-state index contributed by atoms with van der Waals surface area (Å²) < 4.78 is 103. The first-order chi connectivity index (χ1) is 39.8. The summed E-state index contributed by atoms with van der Waals surface area (Å²) in [5.41, 5.74) is 7.73. The van der Waals surface area contributed by atoms with E-state index in [2.05, 4.69) is 47.4 Å². The first-order valence-corrected chi connectivity index (χ1v) is 32.0. The van der Waals surface area contributed by atoms with Gasteiger partial charge in [-0.15, -0.1) is 6.58 Å². The van der Waals surface area contributed by atoms with Crippen LogP contribution in [0.1, 0.15) is 150 Å². The molecule has 3 spiro atoms. The van der Waals surface area contributed by atoms with Crippen LogP contribution in [0.3, 0.4) is 0 Å². The van der Waals surface area contributed by atoms with Crippen LogP contribution in [0.4, 0.5) is 0 Å². The zero-order valence-electron chi connectivity index (χ0n) is 49.1. The summed E-state index contributed by atoms with van der Waals surface area (Å²) in [6, 6.07) is 0. The highest BCUT2D eigenvalue weighted by Crippen LogP contribution is 2.57. The summed E-state index contributed by atoms with van der Waals surface area (Å²) in [7, 11) is 0. The van der Waals surface area contributed by atoms with Crippen LogP contribution in [0.2, 0.25) is 0 Å². The van der Waals surface area contributed by atoms with Gasteiger partial charge in [0.25, 0.3) is 0 Å². The summed E-state index contributed by atoms with van der Waals surface area (Å²) in [6.45, 7) is 21.8. The van der Waals surface area contributed by atoms with Crippen molar-refractivity contribution < 1.29 is 91.2 Å². The number of hydrogen-bond donors (Lipinski definition) is 4. The third-order valence-electron chi connectivity index (χ3n) is 22.1. The summed E-state index contributed by atoms with van der Waals surface area (Å²) >= 11 is 0. The molecule has 14 saturated heterocycles. The van der Waals surface area contributed by atoms with E-state index in [1.165, 1.54) is 0 Å². The second-order valence-corrected chi connectivity index (χ2v) is 28.2. The molecule has 0 aromatic carbocycles. The lowest BCUT2D eigenvalue weighted by atomic mass is 9.79. The van der Waals surface area contributed by atoms with E-state index in [1.54, 1.807) is 6.08 Å². The van der Waals surface area contributed by atoms with Gasteiger partial charge in [-0.05, 0) is 73.8 Å². The first kappa shape index (κ1) is 58.6. The van der Waals surface area contributed by atoms with Gasteiger partial charge in [0.1, 0.15) is 18.3 Å². The van der Waals surface area contributed by atoms with Gasteiger partial charge in [-0.1, -0.05) is 46.9 Å². The predicted molar refractivity (Wildman–Crippen MR) is 293 cm³/mol. The number of fused-ring (bicyclic) bond motifs is 13. The van der Waals surface area contributed by atoms with Gasteiger partial charge < -0.3 is 92.1 Å². The Hall–Kier alpha value is -2.03. The number of nitrogens with two attached hydrogens (primary N) is 1. The molecule has 0 aromatic heterocycles. The van der Waals surface area contributed by atoms with Gasteiger partial charge in [0.05, 0.1) is 142 Å². The molecule has 14 rings (SSSR count). The SMILES string of the molecule is C=CCOC1(O)C[C@]23CC[C@H]4CC(=C)[C@H](CC[C@H]5C[C@@H](C)C(=C)[C@@H](C[C@@H]6O[C@H]7C[C@H]8O[C@@]9(C[C@@H]%10O[C@]%11(C[C@H](C)[C@@H]%12O[C@H]([C@@H](O)C[C@@H](O)CN)C[C@@H]%12O%11)C[C@H](C)[C@@H]%10O9)C[C@H]8O[C@H]7[C@H](C)[C@H]6OC(=O)C[C@H]6CC[C@@H]7O[C@H](C[C@@H](O2)[C@H]7O6)[C@H]1O3)O5)O4. The zero-order chi connectivity index (χ0) is 57.5. The Morgan fingerprint density at radius 1 is 0.614 bits per heavy atom. The van der Waals surface area contributed by atoms with Crippen molar-refractivity contribution >= 4 is 5.97 Å². The fraction of sp³-hybridized carbons (Fsp3) is 0.889. The number of aliphatic hydroxyl groups excluding tert-OH is 2. The Morgan fingerprint density at radius 3 is 2.12 bits per heavy atom. The molecule has 20 heteroatoms. The van der Waals surface area contributed by atoms with Crippen LogP contribution in [0, 0.1) is 23.7 Å². The van der Waals surface area contributed by atoms with Crippen molar-refractivity contribution in [2.45, 2.75) is 313 Å². The summed E-state index contributed by atoms with van der Waals surface area (Å²) in [4.78, 5) is 14.6. The quantitative estimate of drug-likeness (QED) is 0.142. The van der Waals surface area contributed by atoms with E-state index in [0.717, 1.165) is 30.4 Å². The number of rotatable bonds is 7. The molecule has 14 heterocycles. The average molecular weight is 1170 g/mol. The second-order valence-electron chi connectivity index (χ2n) is 28.2. The van der Waals surface area contributed by atoms with Crippen molar-refractivity contribution in [3.8, 4) is 0 Å². The van der Waals surface area contributed by atoms with E-state index in [0.29, 0.717) is 83.5 Å². The Balaban J connectivity index is 0.684. The fourth-order valence-corrected chi connectivity index (χ4v) is 18.1. The number of aliphatic hydroxyl groups is 3. The monoisotopic (exact) mass is 1170 g/mol. The third kappa shape index (κ3) is 10.9. The Labute approximate surface area is 488 Å². The van der Waals surface area contributed by atoms with Crippen LogP contribution in [0.15, 0.2) is 37.0 Å². The molecular weight excluding hydrogens is 1070 g/mol. The number of hydrogen-bond acceptors (Lipinski definition) is 20. The van der Waals surface area contributed by atoms with Gasteiger partial charge in [-0.25, -0.2) is 0 Å². The van der Waals surface area contributed by atoms with E-state index in [1.807, 2.05) is 0 Å². The van der Waals surface area contributed by atoms with Crippen LogP contribution in [-0.2, 0) is 75.8 Å². The van der Waals surface area contributed by atoms with Crippen molar-refractivity contribution in [2.24, 2.45) is 29.4 Å². The van der Waals surface area contributed by atoms with Crippen molar-refractivity contribution in [1.29, 1.82) is 0 Å². The van der Waals surface area contributed by atoms with Crippen LogP contribution >= 0.6 is 0 Å². The third-order valence-corrected chi connectivity index (χ3v) is 22.1. The summed E-state index contributed by atoms with van der Waals surface area (Å²) in [5, 5.41) is 33.3. The molecule has 0 saturated carbocycles. The lowest BCUT2D eigenvalue weighted by Gasteiger charge is -2.50. The standard InChI is InChI=1S/C63H93NO19/c1-8-15-69-63(68)29-60-14-13-39-17-31(3)41(70-39)11-9-37-16-30(2)34(6)43(71-37)20-46-57(77-53(67)19-38-10-12-42-58(72-38)49(79-60)23-50(73-42)59(63)83-60)35(7)56-47(74-46)22-45-51(76-56)26-62(78-45)27-52-55(82-62)33(5)25-61(81-52)24-32(4)54-48(80-61)21-44(75-54)40(66)18-36(65)28-64/h8,30,32-33,35-52,54-59,65-66,68H,1,3,6,9-29,64H2,2,4-5,7H3/t30-,32+,33+,35+,36-,37+,38-,39+,40+,41+,42+,43-,44+,45-,46+,47+,48+,49-,50-,51-,52+,54+,55+,56+,57-,58+,59-,60-,61-,62+,63?/m1/s1. The Morgan fingerprint density at radius 2 is 1.30 bits per heavy atom. The van der Waals surface area contributed by atoms with Crippen LogP contribution < -0.4 is 5.73 Å². The molecule has 464 valence electrons. The molecule has 0 aromatic rings. The highest BCUT2D eigenvalue weighted by Gasteiger charge is 2.68. The Bertz CT molecular complexity index is 2440. The minimum Gasteiger partial charge on any atom is -0.459 e. The maximum atomic E-state index is 14.6. The van der Waals surface area contributed by atoms with E-state index < -0.39 is 90.3 Å². The predicted octanol–water partition coefficient (Wildman–Crippen LogP) is 5.41. The maximum Gasteiger partial charge on any atom is 0.308 e. The van der Waals surface area contributed by atoms with E-state index in [-0.39, 0.29) is 135 Å². The van der Waals surface area contributed by atoms with Crippen LogP contribution in [0.25, 0.3) is 0 Å². The molecule has 14 aliphatic rings. The first-order valence-electron chi connectivity index (χ1n) is 32.0. The Kier molecular flexibility index (Phi) is 15.9. The second kappa shape index (κ2) is 22.5. The lowest BCUT2D eigenvalue weighted by molar-refractivity contribution is -0.347. The number of carbonyl (C=O) groups excluding carboxylic acids is 1. The van der Waals surface area contributed by atoms with Gasteiger partial charge in [0, 0.05) is 76.7 Å². The molecule has 0 amide bonds. The van der Waals surface area contributed by atoms with Gasteiger partial charge in [-0.2, -0.15) is 0 Å². The highest BCUT2D eigenvalue weighted by atomic mass is 16.8. The lowest BCUT2D eigenvalue weighted by Crippen LogP contribution is -2.61. The van der Waals surface area contributed by atoms with Crippen molar-refractivity contribution in [3.63, 3.8) is 0 Å². The molecule has 0 radical (unpaired) electrons. The molecule has 5 N–H and O–H groups in total. The number of carbonyl (C=O) groups is 1. The number of esters is 1. The molecule has 0 aliphatic carbocycles. The molecule has 14 fully saturated rings. The molecule has 10 bridgehead atoms. The van der Waals surface area contributed by atoms with Crippen LogP contribution in [0.5, 0.6) is 0 Å². The minimum absolute atomic E-state index is 0.0326. The van der Waals surface area contributed by atoms with Gasteiger partial charge >= 0.3 is 5.97 Å². The molecule has 14 aliphatic heterocycles. The van der Waals surface area contributed by atoms with Gasteiger partial charge in [0.2, 0.25) is 0 Å². The maximum absolute atomic E-state index is 14.6. The minimum atomic E-state index is -1.65. The largest absolute Gasteiger partial charge is 0.459 e. The number of ether oxygens (including phenoxy) is 15. The summed E-state index contributed by atoms with van der Waals surface area (Å²) in [5.74, 6) is -4.84. The van der Waals surface area contributed by atoms with Crippen molar-refractivity contribution in [2.75, 3.05) is 13.2 Å². The molecule has 31 atom stereocenters. The smallest absolute Gasteiger partial charge is 0.308 e. The molecule has 83 heavy (non-hydrogen) atoms. The van der Waals surface area contributed by atoms with E-state index >= 15 is 0 Å².